The number of carbonyl (C=O) groups is 2. The lowest BCUT2D eigenvalue weighted by molar-refractivity contribution is -0.145. The van der Waals surface area contributed by atoms with Gasteiger partial charge < -0.3 is 19.3 Å². The molecule has 7 nitrogen and oxygen atoms in total. The van der Waals surface area contributed by atoms with Gasteiger partial charge in [-0.3, -0.25) is 14.6 Å². The van der Waals surface area contributed by atoms with Crippen LogP contribution in [0.25, 0.3) is 0 Å². The monoisotopic (exact) mass is 373 g/mol. The van der Waals surface area contributed by atoms with Gasteiger partial charge in [0.2, 0.25) is 11.8 Å². The number of pyridine rings is 1. The van der Waals surface area contributed by atoms with Crippen LogP contribution in [-0.4, -0.2) is 72.2 Å². The second kappa shape index (κ2) is 8.35. The average molecular weight is 373 g/mol. The molecule has 27 heavy (non-hydrogen) atoms. The van der Waals surface area contributed by atoms with Crippen LogP contribution in [-0.2, 0) is 25.6 Å². The summed E-state index contributed by atoms with van der Waals surface area (Å²) in [6, 6.07) is 5.66. The Morgan fingerprint density at radius 2 is 2.15 bits per heavy atom. The normalized spacial score (nSPS) is 25.9. The summed E-state index contributed by atoms with van der Waals surface area (Å²) in [6.45, 7) is 3.93. The Morgan fingerprint density at radius 1 is 1.26 bits per heavy atom. The lowest BCUT2D eigenvalue weighted by Gasteiger charge is -2.34. The number of hydrogen-bond acceptors (Lipinski definition) is 5. The Hall–Kier alpha value is -1.99. The van der Waals surface area contributed by atoms with E-state index in [1.165, 1.54) is 12.8 Å². The minimum Gasteiger partial charge on any atom is -0.378 e. The summed E-state index contributed by atoms with van der Waals surface area (Å²) < 4.78 is 11.5. The zero-order chi connectivity index (χ0) is 18.6. The molecule has 3 fully saturated rings. The molecule has 146 valence electrons. The molecule has 1 aromatic rings. The second-order valence-corrected chi connectivity index (χ2v) is 7.75. The fourth-order valence-electron chi connectivity index (χ4n) is 3.71. The molecule has 2 aliphatic heterocycles. The van der Waals surface area contributed by atoms with Crippen LogP contribution >= 0.6 is 0 Å². The Morgan fingerprint density at radius 3 is 2.93 bits per heavy atom. The zero-order valence-electron chi connectivity index (χ0n) is 15.6. The zero-order valence-corrected chi connectivity index (χ0v) is 15.6. The average Bonchev–Trinajstić information content (AvgIpc) is 3.45. The van der Waals surface area contributed by atoms with Gasteiger partial charge in [0.05, 0.1) is 37.5 Å². The third-order valence-corrected chi connectivity index (χ3v) is 5.45. The van der Waals surface area contributed by atoms with Crippen LogP contribution in [0.3, 0.4) is 0 Å². The molecule has 2 atom stereocenters. The molecule has 1 saturated carbocycles. The van der Waals surface area contributed by atoms with Crippen molar-refractivity contribution in [3.63, 3.8) is 0 Å². The summed E-state index contributed by atoms with van der Waals surface area (Å²) in [5, 5.41) is 0. The van der Waals surface area contributed by atoms with E-state index in [4.69, 9.17) is 9.47 Å². The van der Waals surface area contributed by atoms with E-state index in [1.807, 2.05) is 23.1 Å². The SMILES string of the molecule is O=C1C[C@H](C(=O)N2CCO[C@@H](COCC3CC3)C2)CN1Cc1ccccn1. The van der Waals surface area contributed by atoms with E-state index in [9.17, 15) is 9.59 Å². The van der Waals surface area contributed by atoms with Crippen LogP contribution < -0.4 is 0 Å². The largest absolute Gasteiger partial charge is 0.378 e. The summed E-state index contributed by atoms with van der Waals surface area (Å²) in [7, 11) is 0. The van der Waals surface area contributed by atoms with Crippen LogP contribution in [0.1, 0.15) is 25.0 Å². The molecule has 3 aliphatic rings. The number of aromatic nitrogens is 1. The molecule has 0 bridgehead atoms. The van der Waals surface area contributed by atoms with E-state index in [0.717, 1.165) is 18.2 Å². The molecular formula is C20H27N3O4. The molecule has 4 rings (SSSR count). The predicted molar refractivity (Wildman–Crippen MR) is 97.6 cm³/mol. The smallest absolute Gasteiger partial charge is 0.228 e. The van der Waals surface area contributed by atoms with Crippen molar-refractivity contribution < 1.29 is 19.1 Å². The van der Waals surface area contributed by atoms with Crippen LogP contribution in [0.5, 0.6) is 0 Å². The summed E-state index contributed by atoms with van der Waals surface area (Å²) in [5.41, 5.74) is 0.846. The quantitative estimate of drug-likeness (QED) is 0.715. The number of rotatable bonds is 7. The number of morpholine rings is 1. The van der Waals surface area contributed by atoms with Gasteiger partial charge in [-0.15, -0.1) is 0 Å². The minimum atomic E-state index is -0.271. The topological polar surface area (TPSA) is 72.0 Å². The van der Waals surface area contributed by atoms with Gasteiger partial charge in [0.25, 0.3) is 0 Å². The maximum Gasteiger partial charge on any atom is 0.228 e. The number of ether oxygens (including phenoxy) is 2. The van der Waals surface area contributed by atoms with E-state index in [-0.39, 0.29) is 30.3 Å². The summed E-state index contributed by atoms with van der Waals surface area (Å²) in [5.74, 6) is 0.534. The van der Waals surface area contributed by atoms with Crippen molar-refractivity contribution in [1.29, 1.82) is 0 Å². The molecule has 0 N–H and O–H groups in total. The van der Waals surface area contributed by atoms with E-state index in [1.54, 1.807) is 11.1 Å². The van der Waals surface area contributed by atoms with Gasteiger partial charge in [-0.2, -0.15) is 0 Å². The van der Waals surface area contributed by atoms with E-state index in [2.05, 4.69) is 4.98 Å². The van der Waals surface area contributed by atoms with Gasteiger partial charge in [0.15, 0.2) is 0 Å². The first kappa shape index (κ1) is 18.4. The molecule has 0 radical (unpaired) electrons. The van der Waals surface area contributed by atoms with Crippen molar-refractivity contribution >= 4 is 11.8 Å². The van der Waals surface area contributed by atoms with Crippen LogP contribution in [0.2, 0.25) is 0 Å². The number of carbonyl (C=O) groups excluding carboxylic acids is 2. The summed E-state index contributed by atoms with van der Waals surface area (Å²) in [6.07, 6.45) is 4.47. The first-order valence-electron chi connectivity index (χ1n) is 9.85. The number of nitrogens with zero attached hydrogens (tertiary/aromatic N) is 3. The van der Waals surface area contributed by atoms with Crippen molar-refractivity contribution in [2.45, 2.75) is 31.9 Å². The van der Waals surface area contributed by atoms with E-state index in [0.29, 0.717) is 39.4 Å². The first-order valence-corrected chi connectivity index (χ1v) is 9.85. The Labute approximate surface area is 159 Å². The van der Waals surface area contributed by atoms with Crippen molar-refractivity contribution in [2.24, 2.45) is 11.8 Å². The molecule has 1 aliphatic carbocycles. The molecule has 0 spiro atoms. The lowest BCUT2D eigenvalue weighted by Crippen LogP contribution is -2.49. The highest BCUT2D eigenvalue weighted by Crippen LogP contribution is 2.29. The maximum atomic E-state index is 12.9. The highest BCUT2D eigenvalue weighted by molar-refractivity contribution is 5.89. The molecule has 2 saturated heterocycles. The third kappa shape index (κ3) is 4.84. The fraction of sp³-hybridized carbons (Fsp3) is 0.650. The number of amides is 2. The van der Waals surface area contributed by atoms with Gasteiger partial charge in [0, 0.05) is 38.9 Å². The second-order valence-electron chi connectivity index (χ2n) is 7.75. The Balaban J connectivity index is 1.27. The molecule has 7 heteroatoms. The van der Waals surface area contributed by atoms with Gasteiger partial charge in [-0.05, 0) is 30.9 Å². The Bertz CT molecular complexity index is 664. The minimum absolute atomic E-state index is 0.0246. The van der Waals surface area contributed by atoms with Gasteiger partial charge in [0.1, 0.15) is 0 Å². The third-order valence-electron chi connectivity index (χ3n) is 5.45. The van der Waals surface area contributed by atoms with Gasteiger partial charge >= 0.3 is 0 Å². The highest BCUT2D eigenvalue weighted by Gasteiger charge is 2.38. The van der Waals surface area contributed by atoms with Crippen LogP contribution in [0, 0.1) is 11.8 Å². The standard InChI is InChI=1S/C20H27N3O4/c24-19-9-16(10-23(19)11-17-3-1-2-6-21-17)20(25)22-7-8-27-18(12-22)14-26-13-15-4-5-15/h1-3,6,15-16,18H,4-5,7-14H2/t16-,18+/m0/s1. The molecular weight excluding hydrogens is 346 g/mol. The summed E-state index contributed by atoms with van der Waals surface area (Å²) >= 11 is 0. The fourth-order valence-corrected chi connectivity index (χ4v) is 3.71. The van der Waals surface area contributed by atoms with Gasteiger partial charge in [-0.1, -0.05) is 6.07 Å². The molecule has 2 amide bonds. The van der Waals surface area contributed by atoms with E-state index < -0.39 is 0 Å². The van der Waals surface area contributed by atoms with Crippen LogP contribution in [0.15, 0.2) is 24.4 Å². The summed E-state index contributed by atoms with van der Waals surface area (Å²) in [4.78, 5) is 33.1. The first-order chi connectivity index (χ1) is 13.2. The maximum absolute atomic E-state index is 12.9. The van der Waals surface area contributed by atoms with E-state index >= 15 is 0 Å². The molecule has 0 unspecified atom stereocenters. The van der Waals surface area contributed by atoms with Crippen LogP contribution in [0.4, 0.5) is 0 Å². The van der Waals surface area contributed by atoms with Crippen molar-refractivity contribution in [3.8, 4) is 0 Å². The van der Waals surface area contributed by atoms with Crippen molar-refractivity contribution in [1.82, 2.24) is 14.8 Å². The van der Waals surface area contributed by atoms with Gasteiger partial charge in [-0.25, -0.2) is 0 Å². The highest BCUT2D eigenvalue weighted by atomic mass is 16.5. The number of hydrogen-bond donors (Lipinski definition) is 0. The van der Waals surface area contributed by atoms with Crippen molar-refractivity contribution in [2.75, 3.05) is 39.5 Å². The lowest BCUT2D eigenvalue weighted by atomic mass is 10.1. The molecule has 0 aromatic carbocycles. The molecule has 1 aromatic heterocycles. The number of likely N-dealkylation sites (tertiary alicyclic amines) is 1. The predicted octanol–water partition coefficient (Wildman–Crippen LogP) is 1.08. The Kier molecular flexibility index (Phi) is 5.69. The van der Waals surface area contributed by atoms with Crippen molar-refractivity contribution in [3.05, 3.63) is 30.1 Å². The molecule has 3 heterocycles.